The van der Waals surface area contributed by atoms with Crippen molar-refractivity contribution in [2.45, 2.75) is 32.7 Å². The van der Waals surface area contributed by atoms with E-state index in [1.54, 1.807) is 0 Å². The zero-order chi connectivity index (χ0) is 12.8. The molecule has 3 atom stereocenters. The number of amides is 1. The fraction of sp³-hybridized carbons (Fsp3) is 0.833. The maximum absolute atomic E-state index is 12.1. The third-order valence-electron chi connectivity index (χ3n) is 4.02. The van der Waals surface area contributed by atoms with Crippen LogP contribution in [0, 0.1) is 17.3 Å². The molecule has 0 spiro atoms. The Bertz CT molecular complexity index is 358. The van der Waals surface area contributed by atoms with E-state index in [1.807, 2.05) is 20.8 Å². The Morgan fingerprint density at radius 1 is 1.29 bits per heavy atom. The molecule has 1 unspecified atom stereocenters. The summed E-state index contributed by atoms with van der Waals surface area (Å²) >= 11 is 0. The molecule has 17 heavy (non-hydrogen) atoms. The van der Waals surface area contributed by atoms with Crippen molar-refractivity contribution < 1.29 is 19.4 Å². The van der Waals surface area contributed by atoms with Gasteiger partial charge in [-0.3, -0.25) is 9.59 Å². The van der Waals surface area contributed by atoms with Crippen molar-refractivity contribution in [2.75, 3.05) is 13.2 Å². The summed E-state index contributed by atoms with van der Waals surface area (Å²) in [6.45, 7) is 6.73. The van der Waals surface area contributed by atoms with E-state index in [4.69, 9.17) is 9.84 Å². The lowest BCUT2D eigenvalue weighted by Crippen LogP contribution is -2.47. The van der Waals surface area contributed by atoms with Crippen LogP contribution in [-0.2, 0) is 14.3 Å². The summed E-state index contributed by atoms with van der Waals surface area (Å²) in [5, 5.41) is 12.0. The second-order valence-corrected chi connectivity index (χ2v) is 5.97. The minimum atomic E-state index is -0.886. The summed E-state index contributed by atoms with van der Waals surface area (Å²) in [6, 6.07) is 0. The molecule has 1 saturated carbocycles. The van der Waals surface area contributed by atoms with E-state index in [2.05, 4.69) is 5.32 Å². The molecule has 1 heterocycles. The predicted molar refractivity (Wildman–Crippen MR) is 60.4 cm³/mol. The molecule has 96 valence electrons. The number of hydrogen-bond donors (Lipinski definition) is 2. The summed E-state index contributed by atoms with van der Waals surface area (Å²) in [5.74, 6) is -2.02. The number of hydrogen-bond acceptors (Lipinski definition) is 3. The maximum Gasteiger partial charge on any atom is 0.307 e. The van der Waals surface area contributed by atoms with Crippen LogP contribution >= 0.6 is 0 Å². The quantitative estimate of drug-likeness (QED) is 0.760. The van der Waals surface area contributed by atoms with Crippen LogP contribution in [0.15, 0.2) is 0 Å². The minimum Gasteiger partial charge on any atom is -0.481 e. The van der Waals surface area contributed by atoms with Gasteiger partial charge in [0.2, 0.25) is 5.91 Å². The van der Waals surface area contributed by atoms with E-state index < -0.39 is 23.2 Å². The average molecular weight is 241 g/mol. The number of ether oxygens (including phenoxy) is 1. The van der Waals surface area contributed by atoms with Gasteiger partial charge in [-0.25, -0.2) is 0 Å². The Morgan fingerprint density at radius 2 is 1.94 bits per heavy atom. The lowest BCUT2D eigenvalue weighted by Gasteiger charge is -2.23. The SMILES string of the molecule is CC1(NC(=O)[C@H]2[C@@H](C(=O)O)C2(C)C)CCOC1. The van der Waals surface area contributed by atoms with Crippen molar-refractivity contribution in [3.05, 3.63) is 0 Å². The monoisotopic (exact) mass is 241 g/mol. The normalized spacial score (nSPS) is 38.8. The van der Waals surface area contributed by atoms with Crippen molar-refractivity contribution in [3.63, 3.8) is 0 Å². The van der Waals surface area contributed by atoms with E-state index in [-0.39, 0.29) is 11.4 Å². The van der Waals surface area contributed by atoms with Crippen LogP contribution in [0.25, 0.3) is 0 Å². The number of carbonyl (C=O) groups excluding carboxylic acids is 1. The second kappa shape index (κ2) is 3.70. The zero-order valence-electron chi connectivity index (χ0n) is 10.4. The van der Waals surface area contributed by atoms with Crippen molar-refractivity contribution in [1.29, 1.82) is 0 Å². The van der Waals surface area contributed by atoms with E-state index in [0.29, 0.717) is 13.2 Å². The lowest BCUT2D eigenvalue weighted by molar-refractivity contribution is -0.140. The van der Waals surface area contributed by atoms with Gasteiger partial charge < -0.3 is 15.2 Å². The van der Waals surface area contributed by atoms with Crippen LogP contribution < -0.4 is 5.32 Å². The van der Waals surface area contributed by atoms with Gasteiger partial charge in [0.25, 0.3) is 0 Å². The molecule has 0 bridgehead atoms. The molecule has 2 aliphatic rings. The number of nitrogens with one attached hydrogen (secondary N) is 1. The molecular weight excluding hydrogens is 222 g/mol. The highest BCUT2D eigenvalue weighted by atomic mass is 16.5. The zero-order valence-corrected chi connectivity index (χ0v) is 10.4. The molecule has 1 aliphatic carbocycles. The van der Waals surface area contributed by atoms with Gasteiger partial charge in [0.1, 0.15) is 0 Å². The third-order valence-corrected chi connectivity index (χ3v) is 4.02. The van der Waals surface area contributed by atoms with Crippen LogP contribution in [0.1, 0.15) is 27.2 Å². The predicted octanol–water partition coefficient (Wildman–Crippen LogP) is 0.638. The molecule has 1 saturated heterocycles. The summed E-state index contributed by atoms with van der Waals surface area (Å²) < 4.78 is 5.26. The topological polar surface area (TPSA) is 75.6 Å². The molecule has 0 radical (unpaired) electrons. The molecule has 0 aromatic rings. The van der Waals surface area contributed by atoms with E-state index in [0.717, 1.165) is 6.42 Å². The first kappa shape index (κ1) is 12.4. The fourth-order valence-electron chi connectivity index (χ4n) is 2.73. The maximum atomic E-state index is 12.1. The van der Waals surface area contributed by atoms with Gasteiger partial charge in [-0.05, 0) is 18.8 Å². The van der Waals surface area contributed by atoms with Crippen molar-refractivity contribution >= 4 is 11.9 Å². The fourth-order valence-corrected chi connectivity index (χ4v) is 2.73. The number of rotatable bonds is 3. The summed E-state index contributed by atoms with van der Waals surface area (Å²) in [6.07, 6.45) is 0.781. The Labute approximate surface area is 101 Å². The molecule has 1 aliphatic heterocycles. The molecule has 0 aromatic carbocycles. The molecule has 1 amide bonds. The first-order valence-corrected chi connectivity index (χ1v) is 5.90. The molecule has 5 heteroatoms. The first-order chi connectivity index (χ1) is 7.78. The number of carbonyl (C=O) groups is 2. The van der Waals surface area contributed by atoms with Gasteiger partial charge in [0.15, 0.2) is 0 Å². The van der Waals surface area contributed by atoms with Gasteiger partial charge >= 0.3 is 5.97 Å². The van der Waals surface area contributed by atoms with Gasteiger partial charge in [-0.2, -0.15) is 0 Å². The molecule has 2 rings (SSSR count). The van der Waals surface area contributed by atoms with Crippen LogP contribution in [-0.4, -0.2) is 35.7 Å². The highest BCUT2D eigenvalue weighted by Crippen LogP contribution is 2.58. The first-order valence-electron chi connectivity index (χ1n) is 5.90. The van der Waals surface area contributed by atoms with Gasteiger partial charge in [0.05, 0.1) is 24.0 Å². The molecule has 2 N–H and O–H groups in total. The van der Waals surface area contributed by atoms with Gasteiger partial charge in [0, 0.05) is 6.61 Å². The highest BCUT2D eigenvalue weighted by molar-refractivity contribution is 5.92. The minimum absolute atomic E-state index is 0.157. The van der Waals surface area contributed by atoms with Crippen molar-refractivity contribution in [3.8, 4) is 0 Å². The van der Waals surface area contributed by atoms with E-state index in [9.17, 15) is 9.59 Å². The van der Waals surface area contributed by atoms with Crippen molar-refractivity contribution in [2.24, 2.45) is 17.3 Å². The molecule has 0 aromatic heterocycles. The highest BCUT2D eigenvalue weighted by Gasteiger charge is 2.66. The third kappa shape index (κ3) is 2.04. The van der Waals surface area contributed by atoms with E-state index >= 15 is 0 Å². The summed E-state index contributed by atoms with van der Waals surface area (Å²) in [5.41, 5.74) is -0.773. The van der Waals surface area contributed by atoms with Crippen LogP contribution in [0.4, 0.5) is 0 Å². The molecular formula is C12H19NO4. The Morgan fingerprint density at radius 3 is 2.35 bits per heavy atom. The van der Waals surface area contributed by atoms with Gasteiger partial charge in [-0.15, -0.1) is 0 Å². The van der Waals surface area contributed by atoms with Crippen LogP contribution in [0.2, 0.25) is 0 Å². The number of carboxylic acid groups (broad SMARTS) is 1. The average Bonchev–Trinajstić information content (AvgIpc) is 2.53. The van der Waals surface area contributed by atoms with Crippen molar-refractivity contribution in [1.82, 2.24) is 5.32 Å². The number of aliphatic carboxylic acids is 1. The Balaban J connectivity index is 2.00. The number of carboxylic acids is 1. The van der Waals surface area contributed by atoms with E-state index in [1.165, 1.54) is 0 Å². The van der Waals surface area contributed by atoms with Crippen LogP contribution in [0.5, 0.6) is 0 Å². The summed E-state index contributed by atoms with van der Waals surface area (Å²) in [7, 11) is 0. The smallest absolute Gasteiger partial charge is 0.307 e. The lowest BCUT2D eigenvalue weighted by atomic mass is 10.0. The van der Waals surface area contributed by atoms with Gasteiger partial charge in [-0.1, -0.05) is 13.8 Å². The molecule has 2 fully saturated rings. The Kier molecular flexibility index (Phi) is 2.69. The molecule has 5 nitrogen and oxygen atoms in total. The Hall–Kier alpha value is -1.10. The second-order valence-electron chi connectivity index (χ2n) is 5.97. The summed E-state index contributed by atoms with van der Waals surface area (Å²) in [4.78, 5) is 23.1. The standard InChI is InChI=1S/C12H19NO4/c1-11(2)7(8(11)10(15)16)9(14)13-12(3)4-5-17-6-12/h7-8H,4-6H2,1-3H3,(H,13,14)(H,15,16)/t7-,8+,12?/m1/s1. The van der Waals surface area contributed by atoms with Crippen LogP contribution in [0.3, 0.4) is 0 Å². The largest absolute Gasteiger partial charge is 0.481 e.